The number of aliphatic hydroxyl groups excluding tert-OH is 1. The Kier molecular flexibility index (Phi) is 9.01. The number of hydrogen-bond donors (Lipinski definition) is 2. The van der Waals surface area contributed by atoms with Crippen LogP contribution in [0.5, 0.6) is 11.5 Å². The molecule has 2 N–H and O–H groups in total. The Bertz CT molecular complexity index is 723. The second-order valence-electron chi connectivity index (χ2n) is 6.42. The maximum atomic E-state index is 9.31. The average Bonchev–Trinajstić information content (AvgIpc) is 2.61. The van der Waals surface area contributed by atoms with E-state index in [2.05, 4.69) is 5.32 Å². The third kappa shape index (κ3) is 6.53. The van der Waals surface area contributed by atoms with E-state index in [4.69, 9.17) is 32.7 Å². The lowest BCUT2D eigenvalue weighted by Crippen LogP contribution is -3.00. The van der Waals surface area contributed by atoms with E-state index in [1.165, 1.54) is 0 Å². The summed E-state index contributed by atoms with van der Waals surface area (Å²) < 4.78 is 11.3. The lowest BCUT2D eigenvalue weighted by molar-refractivity contribution is -0.00000654. The molecule has 0 atom stereocenters. The van der Waals surface area contributed by atoms with Crippen LogP contribution in [0.4, 0.5) is 0 Å². The minimum Gasteiger partial charge on any atom is -1.00 e. The van der Waals surface area contributed by atoms with E-state index < -0.39 is 0 Å². The molecule has 26 heavy (non-hydrogen) atoms. The van der Waals surface area contributed by atoms with Crippen molar-refractivity contribution in [1.82, 2.24) is 5.32 Å². The van der Waals surface area contributed by atoms with E-state index in [-0.39, 0.29) is 24.6 Å². The first-order valence-electron chi connectivity index (χ1n) is 7.94. The average molecular weight is 420 g/mol. The second kappa shape index (κ2) is 10.2. The molecule has 4 nitrogen and oxygen atoms in total. The number of nitrogens with one attached hydrogen (secondary N) is 1. The van der Waals surface area contributed by atoms with Crippen molar-refractivity contribution in [2.24, 2.45) is 0 Å². The molecule has 144 valence electrons. The molecule has 0 aliphatic rings. The fraction of sp³-hybridized carbons (Fsp3) is 0.368. The van der Waals surface area contributed by atoms with Crippen LogP contribution in [0, 0.1) is 0 Å². The van der Waals surface area contributed by atoms with E-state index in [1.807, 2.05) is 38.1 Å². The number of benzene rings is 2. The van der Waals surface area contributed by atoms with E-state index in [0.29, 0.717) is 34.7 Å². The van der Waals surface area contributed by atoms with Gasteiger partial charge in [0.1, 0.15) is 6.61 Å². The van der Waals surface area contributed by atoms with E-state index >= 15 is 0 Å². The van der Waals surface area contributed by atoms with Gasteiger partial charge in [0, 0.05) is 12.1 Å². The van der Waals surface area contributed by atoms with Gasteiger partial charge < -0.3 is 32.3 Å². The van der Waals surface area contributed by atoms with E-state index in [1.54, 1.807) is 19.2 Å². The molecule has 0 spiro atoms. The highest BCUT2D eigenvalue weighted by Crippen LogP contribution is 2.30. The first-order chi connectivity index (χ1) is 11.8. The van der Waals surface area contributed by atoms with E-state index in [0.717, 1.165) is 11.1 Å². The fourth-order valence-corrected chi connectivity index (χ4v) is 2.45. The van der Waals surface area contributed by atoms with E-state index in [9.17, 15) is 5.11 Å². The third-order valence-corrected chi connectivity index (χ3v) is 4.51. The first-order valence-corrected chi connectivity index (χ1v) is 8.70. The van der Waals surface area contributed by atoms with Gasteiger partial charge in [-0.1, -0.05) is 35.3 Å². The Morgan fingerprint density at radius 2 is 1.69 bits per heavy atom. The first kappa shape index (κ1) is 22.9. The summed E-state index contributed by atoms with van der Waals surface area (Å²) in [5, 5.41) is 13.6. The van der Waals surface area contributed by atoms with Gasteiger partial charge in [0.05, 0.1) is 23.8 Å². The van der Waals surface area contributed by atoms with Crippen LogP contribution in [0.25, 0.3) is 0 Å². The van der Waals surface area contributed by atoms with Crippen LogP contribution in [0.15, 0.2) is 36.4 Å². The zero-order valence-corrected chi connectivity index (χ0v) is 17.3. The molecule has 2 aromatic carbocycles. The molecule has 2 aromatic rings. The minimum absolute atomic E-state index is 0. The zero-order chi connectivity index (χ0) is 18.4. The Morgan fingerprint density at radius 1 is 1.00 bits per heavy atom. The Morgan fingerprint density at radius 3 is 2.31 bits per heavy atom. The molecule has 0 radical (unpaired) electrons. The Hall–Kier alpha value is -1.17. The smallest absolute Gasteiger partial charge is 0.161 e. The molecule has 2 rings (SSSR count). The number of hydrogen-bond acceptors (Lipinski definition) is 4. The molecule has 0 fully saturated rings. The van der Waals surface area contributed by atoms with Crippen LogP contribution in [0.2, 0.25) is 10.0 Å². The van der Waals surface area contributed by atoms with Crippen molar-refractivity contribution in [1.29, 1.82) is 0 Å². The van der Waals surface area contributed by atoms with Crippen molar-refractivity contribution in [2.75, 3.05) is 13.7 Å². The van der Waals surface area contributed by atoms with Crippen LogP contribution < -0.4 is 27.2 Å². The topological polar surface area (TPSA) is 50.7 Å². The van der Waals surface area contributed by atoms with Gasteiger partial charge in [0.2, 0.25) is 0 Å². The van der Waals surface area contributed by atoms with Crippen molar-refractivity contribution >= 4 is 23.2 Å². The molecule has 0 bridgehead atoms. The predicted octanol–water partition coefficient (Wildman–Crippen LogP) is 1.45. The highest BCUT2D eigenvalue weighted by Gasteiger charge is 2.15. The van der Waals surface area contributed by atoms with Gasteiger partial charge in [0.25, 0.3) is 0 Å². The molecular weight excluding hydrogens is 397 g/mol. The SMILES string of the molecule is COc1cc(CNC(C)(C)CO)ccc1OCc1ccc(Cl)c(Cl)c1.[Cl-]. The standard InChI is InChI=1S/C19H23Cl2NO3.ClH/c1-19(2,12-23)22-10-13-5-7-17(18(9-13)24-3)25-11-14-4-6-15(20)16(21)8-14;/h4-9,22-23H,10-12H2,1-3H3;1H/p-1. The second-order valence-corrected chi connectivity index (χ2v) is 7.23. The third-order valence-electron chi connectivity index (χ3n) is 3.77. The summed E-state index contributed by atoms with van der Waals surface area (Å²) in [6.45, 7) is 4.94. The predicted molar refractivity (Wildman–Crippen MR) is 102 cm³/mol. The number of halogens is 3. The van der Waals surface area contributed by atoms with Crippen molar-refractivity contribution in [3.05, 3.63) is 57.6 Å². The van der Waals surface area contributed by atoms with Crippen LogP contribution in [0.3, 0.4) is 0 Å². The number of aliphatic hydroxyl groups is 1. The maximum Gasteiger partial charge on any atom is 0.161 e. The van der Waals surface area contributed by atoms with Crippen LogP contribution in [0.1, 0.15) is 25.0 Å². The summed E-state index contributed by atoms with van der Waals surface area (Å²) in [6, 6.07) is 11.2. The Balaban J connectivity index is 0.00000338. The molecule has 0 amide bonds. The quantitative estimate of drug-likeness (QED) is 0.680. The highest BCUT2D eigenvalue weighted by molar-refractivity contribution is 6.42. The van der Waals surface area contributed by atoms with Crippen molar-refractivity contribution < 1.29 is 27.0 Å². The molecule has 0 unspecified atom stereocenters. The molecule has 0 saturated heterocycles. The van der Waals surface area contributed by atoms with Crippen molar-refractivity contribution in [3.63, 3.8) is 0 Å². The highest BCUT2D eigenvalue weighted by atomic mass is 35.5. The zero-order valence-electron chi connectivity index (χ0n) is 15.0. The molecule has 0 aromatic heterocycles. The van der Waals surface area contributed by atoms with Gasteiger partial charge in [-0.15, -0.1) is 0 Å². The fourth-order valence-electron chi connectivity index (χ4n) is 2.13. The molecule has 0 saturated carbocycles. The summed E-state index contributed by atoms with van der Waals surface area (Å²) in [4.78, 5) is 0. The molecule has 7 heteroatoms. The van der Waals surface area contributed by atoms with Gasteiger partial charge in [0.15, 0.2) is 11.5 Å². The molecule has 0 aliphatic heterocycles. The van der Waals surface area contributed by atoms with Crippen LogP contribution >= 0.6 is 23.2 Å². The lowest BCUT2D eigenvalue weighted by Gasteiger charge is -2.23. The number of ether oxygens (including phenoxy) is 2. The monoisotopic (exact) mass is 418 g/mol. The van der Waals surface area contributed by atoms with Gasteiger partial charge in [-0.05, 0) is 49.2 Å². The normalized spacial score (nSPS) is 11.0. The number of rotatable bonds is 8. The van der Waals surface area contributed by atoms with Gasteiger partial charge in [-0.25, -0.2) is 0 Å². The molecule has 0 heterocycles. The number of methoxy groups -OCH3 is 1. The summed E-state index contributed by atoms with van der Waals surface area (Å²) in [5.41, 5.74) is 1.63. The van der Waals surface area contributed by atoms with Crippen LogP contribution in [-0.4, -0.2) is 24.4 Å². The van der Waals surface area contributed by atoms with Crippen LogP contribution in [-0.2, 0) is 13.2 Å². The summed E-state index contributed by atoms with van der Waals surface area (Å²) in [7, 11) is 1.61. The summed E-state index contributed by atoms with van der Waals surface area (Å²) >= 11 is 11.9. The maximum absolute atomic E-state index is 9.31. The van der Waals surface area contributed by atoms with Gasteiger partial charge in [-0.2, -0.15) is 0 Å². The largest absolute Gasteiger partial charge is 1.00 e. The minimum atomic E-state index is -0.337. The van der Waals surface area contributed by atoms with Gasteiger partial charge in [-0.3, -0.25) is 0 Å². The van der Waals surface area contributed by atoms with Crippen molar-refractivity contribution in [2.45, 2.75) is 32.5 Å². The molecule has 0 aliphatic carbocycles. The summed E-state index contributed by atoms with van der Waals surface area (Å²) in [5.74, 6) is 1.31. The lowest BCUT2D eigenvalue weighted by atomic mass is 10.1. The molecular formula is C19H23Cl3NO3-. The van der Waals surface area contributed by atoms with Crippen molar-refractivity contribution in [3.8, 4) is 11.5 Å². The Labute approximate surface area is 170 Å². The summed E-state index contributed by atoms with van der Waals surface area (Å²) in [6.07, 6.45) is 0. The van der Waals surface area contributed by atoms with Gasteiger partial charge >= 0.3 is 0 Å².